The lowest BCUT2D eigenvalue weighted by Crippen LogP contribution is -2.28. The summed E-state index contributed by atoms with van der Waals surface area (Å²) in [7, 11) is 0. The summed E-state index contributed by atoms with van der Waals surface area (Å²) in [6, 6.07) is 17.1. The van der Waals surface area contributed by atoms with E-state index in [1.54, 1.807) is 0 Å². The first-order valence-corrected chi connectivity index (χ1v) is 10.7. The molecule has 0 bridgehead atoms. The van der Waals surface area contributed by atoms with Gasteiger partial charge in [-0.3, -0.25) is 0 Å². The van der Waals surface area contributed by atoms with Gasteiger partial charge >= 0.3 is 5.97 Å². The smallest absolute Gasteiger partial charge is 0.342 e. The minimum absolute atomic E-state index is 0.386. The van der Waals surface area contributed by atoms with Gasteiger partial charge in [0, 0.05) is 12.0 Å². The minimum atomic E-state index is -1.78. The lowest BCUT2D eigenvalue weighted by molar-refractivity contribution is -0.184. The molecule has 0 radical (unpaired) electrons. The summed E-state index contributed by atoms with van der Waals surface area (Å²) in [6.45, 7) is 1.95. The van der Waals surface area contributed by atoms with E-state index in [4.69, 9.17) is 4.74 Å². The van der Waals surface area contributed by atoms with Crippen molar-refractivity contribution in [2.45, 2.75) is 19.1 Å². The second kappa shape index (κ2) is 6.88. The number of benzene rings is 2. The molecule has 1 unspecified atom stereocenters. The Morgan fingerprint density at radius 3 is 2.62 bits per heavy atom. The van der Waals surface area contributed by atoms with Crippen molar-refractivity contribution >= 4 is 45.6 Å². The number of aliphatic hydroxyl groups is 1. The fraction of sp³-hybridized carbons (Fsp3) is 0.136. The monoisotopic (exact) mass is 420 g/mol. The SMILES string of the molecule is Cc1csc(C2(O)OC(=O)C(c3ccc4nsnc4c3)=C2Cc2ccccc2)c1. The zero-order chi connectivity index (χ0) is 20.0. The number of esters is 1. The van der Waals surface area contributed by atoms with E-state index in [0.717, 1.165) is 28.4 Å². The fourth-order valence-corrected chi connectivity index (χ4v) is 5.06. The molecule has 2 aromatic heterocycles. The molecule has 3 heterocycles. The van der Waals surface area contributed by atoms with Crippen LogP contribution in [0.25, 0.3) is 16.6 Å². The van der Waals surface area contributed by atoms with Crippen molar-refractivity contribution in [2.75, 3.05) is 0 Å². The molecule has 0 saturated carbocycles. The molecule has 1 aliphatic heterocycles. The molecule has 0 amide bonds. The Balaban J connectivity index is 1.72. The van der Waals surface area contributed by atoms with Crippen molar-refractivity contribution in [1.29, 1.82) is 0 Å². The Labute approximate surface area is 175 Å². The molecule has 144 valence electrons. The number of carbonyl (C=O) groups is 1. The van der Waals surface area contributed by atoms with Gasteiger partial charge < -0.3 is 9.84 Å². The van der Waals surface area contributed by atoms with Crippen LogP contribution in [0.15, 0.2) is 65.6 Å². The Morgan fingerprint density at radius 1 is 1.07 bits per heavy atom. The van der Waals surface area contributed by atoms with E-state index < -0.39 is 11.8 Å². The van der Waals surface area contributed by atoms with Crippen molar-refractivity contribution in [3.8, 4) is 0 Å². The number of cyclic esters (lactones) is 1. The van der Waals surface area contributed by atoms with E-state index in [1.165, 1.54) is 11.3 Å². The van der Waals surface area contributed by atoms with Gasteiger partial charge in [0.1, 0.15) is 11.0 Å². The summed E-state index contributed by atoms with van der Waals surface area (Å²) < 4.78 is 14.1. The average Bonchev–Trinajstić information content (AvgIpc) is 3.41. The highest BCUT2D eigenvalue weighted by atomic mass is 32.1. The summed E-state index contributed by atoms with van der Waals surface area (Å²) in [5.41, 5.74) is 5.09. The van der Waals surface area contributed by atoms with Gasteiger partial charge in [-0.15, -0.1) is 11.3 Å². The fourth-order valence-electron chi connectivity index (χ4n) is 3.59. The molecule has 5 nitrogen and oxygen atoms in total. The van der Waals surface area contributed by atoms with Crippen LogP contribution in [0.4, 0.5) is 0 Å². The summed E-state index contributed by atoms with van der Waals surface area (Å²) in [6.07, 6.45) is 0.392. The van der Waals surface area contributed by atoms with Crippen LogP contribution in [0.1, 0.15) is 21.6 Å². The Morgan fingerprint density at radius 2 is 1.86 bits per heavy atom. The predicted molar refractivity (Wildman–Crippen MR) is 114 cm³/mol. The molecule has 0 fully saturated rings. The van der Waals surface area contributed by atoms with E-state index in [2.05, 4.69) is 8.75 Å². The van der Waals surface area contributed by atoms with E-state index in [1.807, 2.05) is 66.9 Å². The molecule has 0 saturated heterocycles. The van der Waals surface area contributed by atoms with Crippen LogP contribution in [0, 0.1) is 6.92 Å². The van der Waals surface area contributed by atoms with Gasteiger partial charge in [0.15, 0.2) is 0 Å². The van der Waals surface area contributed by atoms with Crippen LogP contribution in [0.2, 0.25) is 0 Å². The predicted octanol–water partition coefficient (Wildman–Crippen LogP) is 4.46. The highest BCUT2D eigenvalue weighted by molar-refractivity contribution is 7.10. The van der Waals surface area contributed by atoms with Crippen LogP contribution < -0.4 is 0 Å². The number of nitrogens with zero attached hydrogens (tertiary/aromatic N) is 2. The van der Waals surface area contributed by atoms with Gasteiger partial charge in [0.05, 0.1) is 22.2 Å². The van der Waals surface area contributed by atoms with E-state index in [0.29, 0.717) is 33.5 Å². The van der Waals surface area contributed by atoms with Crippen LogP contribution in [0.5, 0.6) is 0 Å². The second-order valence-electron chi connectivity index (χ2n) is 7.01. The van der Waals surface area contributed by atoms with Gasteiger partial charge in [-0.25, -0.2) is 4.79 Å². The van der Waals surface area contributed by atoms with E-state index >= 15 is 0 Å². The van der Waals surface area contributed by atoms with E-state index in [-0.39, 0.29) is 0 Å². The first-order valence-electron chi connectivity index (χ1n) is 9.06. The molecule has 0 spiro atoms. The molecular weight excluding hydrogens is 404 g/mol. The zero-order valence-corrected chi connectivity index (χ0v) is 17.1. The maximum absolute atomic E-state index is 13.0. The third-order valence-corrected chi connectivity index (χ3v) is 6.68. The van der Waals surface area contributed by atoms with Crippen LogP contribution >= 0.6 is 23.1 Å². The number of fused-ring (bicyclic) bond motifs is 1. The zero-order valence-electron chi connectivity index (χ0n) is 15.5. The van der Waals surface area contributed by atoms with Crippen LogP contribution in [-0.4, -0.2) is 19.8 Å². The number of hydrogen-bond acceptors (Lipinski definition) is 7. The van der Waals surface area contributed by atoms with Gasteiger partial charge in [0.2, 0.25) is 0 Å². The number of aromatic nitrogens is 2. The molecule has 0 aliphatic carbocycles. The number of aryl methyl sites for hydroxylation is 1. The molecule has 2 aromatic carbocycles. The number of carbonyl (C=O) groups excluding carboxylic acids is 1. The molecule has 7 heteroatoms. The minimum Gasteiger partial charge on any atom is -0.420 e. The summed E-state index contributed by atoms with van der Waals surface area (Å²) in [5, 5.41) is 13.5. The Hall–Kier alpha value is -2.87. The first kappa shape index (κ1) is 18.2. The van der Waals surface area contributed by atoms with Crippen molar-refractivity contribution < 1.29 is 14.6 Å². The number of ether oxygens (including phenoxy) is 1. The van der Waals surface area contributed by atoms with Crippen LogP contribution in [0.3, 0.4) is 0 Å². The molecule has 1 N–H and O–H groups in total. The van der Waals surface area contributed by atoms with Crippen molar-refractivity contribution in [3.05, 3.63) is 87.1 Å². The Bertz CT molecular complexity index is 1260. The maximum atomic E-state index is 13.0. The topological polar surface area (TPSA) is 72.3 Å². The lowest BCUT2D eigenvalue weighted by Gasteiger charge is -2.24. The molecule has 1 aliphatic rings. The average molecular weight is 421 g/mol. The van der Waals surface area contributed by atoms with Gasteiger partial charge in [0.25, 0.3) is 5.79 Å². The first-order chi connectivity index (χ1) is 14.0. The van der Waals surface area contributed by atoms with Gasteiger partial charge in [-0.05, 0) is 47.2 Å². The normalized spacial score (nSPS) is 19.2. The van der Waals surface area contributed by atoms with Crippen molar-refractivity contribution in [1.82, 2.24) is 8.75 Å². The Kier molecular flexibility index (Phi) is 4.31. The standard InChI is InChI=1S/C22H16N2O3S2/c1-13-9-19(28-12-13)22(26)16(10-14-5-3-2-4-6-14)20(21(25)27-22)15-7-8-17-18(11-15)24-29-23-17/h2-9,11-12,26H,10H2,1H3. The van der Waals surface area contributed by atoms with Crippen molar-refractivity contribution in [3.63, 3.8) is 0 Å². The summed E-state index contributed by atoms with van der Waals surface area (Å²) in [5.74, 6) is -2.32. The van der Waals surface area contributed by atoms with E-state index in [9.17, 15) is 9.90 Å². The highest BCUT2D eigenvalue weighted by Gasteiger charge is 2.49. The number of rotatable bonds is 4. The molecular formula is C22H16N2O3S2. The number of thiophene rings is 1. The summed E-state index contributed by atoms with van der Waals surface area (Å²) >= 11 is 2.51. The highest BCUT2D eigenvalue weighted by Crippen LogP contribution is 2.46. The van der Waals surface area contributed by atoms with Crippen LogP contribution in [-0.2, 0) is 21.7 Å². The van der Waals surface area contributed by atoms with Crippen molar-refractivity contribution in [2.24, 2.45) is 0 Å². The quantitative estimate of drug-likeness (QED) is 0.494. The lowest BCUT2D eigenvalue weighted by atomic mass is 9.90. The maximum Gasteiger partial charge on any atom is 0.342 e. The molecule has 29 heavy (non-hydrogen) atoms. The third kappa shape index (κ3) is 3.07. The molecule has 4 aromatic rings. The summed E-state index contributed by atoms with van der Waals surface area (Å²) in [4.78, 5) is 13.6. The number of hydrogen-bond donors (Lipinski definition) is 1. The van der Waals surface area contributed by atoms with Gasteiger partial charge in [-0.2, -0.15) is 8.75 Å². The second-order valence-corrected chi connectivity index (χ2v) is 8.45. The third-order valence-electron chi connectivity index (χ3n) is 4.99. The molecule has 1 atom stereocenters. The molecule has 5 rings (SSSR count). The van der Waals surface area contributed by atoms with Gasteiger partial charge in [-0.1, -0.05) is 36.4 Å². The largest absolute Gasteiger partial charge is 0.420 e.